The van der Waals surface area contributed by atoms with Gasteiger partial charge in [0.05, 0.1) is 0 Å². The fourth-order valence-corrected chi connectivity index (χ4v) is 2.68. The van der Waals surface area contributed by atoms with Crippen molar-refractivity contribution in [3.63, 3.8) is 0 Å². The number of carboxylic acids is 1. The zero-order chi connectivity index (χ0) is 11.4. The molecule has 0 spiro atoms. The minimum atomic E-state index is -0.854. The van der Waals surface area contributed by atoms with Crippen LogP contribution in [0.5, 0.6) is 0 Å². The van der Waals surface area contributed by atoms with Crippen molar-refractivity contribution in [1.29, 1.82) is 0 Å². The number of rotatable bonds is 3. The van der Waals surface area contributed by atoms with E-state index in [1.165, 1.54) is 25.7 Å². The quantitative estimate of drug-likeness (QED) is 0.880. The van der Waals surface area contributed by atoms with Gasteiger partial charge in [-0.25, -0.2) is 4.79 Å². The molecule has 0 radical (unpaired) electrons. The lowest BCUT2D eigenvalue weighted by Gasteiger charge is -2.18. The number of aromatic carboxylic acids is 1. The van der Waals surface area contributed by atoms with Crippen molar-refractivity contribution in [1.82, 2.24) is 9.27 Å². The van der Waals surface area contributed by atoms with Crippen molar-refractivity contribution in [3.8, 4) is 0 Å². The summed E-state index contributed by atoms with van der Waals surface area (Å²) in [6.45, 7) is 2.89. The lowest BCUT2D eigenvalue weighted by Crippen LogP contribution is -2.24. The molecule has 0 aliphatic carbocycles. The second-order valence-corrected chi connectivity index (χ2v) is 4.98. The highest BCUT2D eigenvalue weighted by molar-refractivity contribution is 7.08. The second kappa shape index (κ2) is 5.41. The van der Waals surface area contributed by atoms with Crippen molar-refractivity contribution in [2.75, 3.05) is 13.1 Å². The van der Waals surface area contributed by atoms with Gasteiger partial charge >= 0.3 is 5.97 Å². The third kappa shape index (κ3) is 2.80. The molecule has 1 aliphatic rings. The lowest BCUT2D eigenvalue weighted by molar-refractivity contribution is 0.0700. The minimum absolute atomic E-state index is 0.393. The highest BCUT2D eigenvalue weighted by Crippen LogP contribution is 2.18. The Morgan fingerprint density at radius 3 is 2.69 bits per heavy atom. The number of hydrogen-bond acceptors (Lipinski definition) is 4. The predicted molar refractivity (Wildman–Crippen MR) is 62.8 cm³/mol. The largest absolute Gasteiger partial charge is 0.477 e. The van der Waals surface area contributed by atoms with E-state index in [-0.39, 0.29) is 0 Å². The van der Waals surface area contributed by atoms with E-state index in [4.69, 9.17) is 5.11 Å². The summed E-state index contributed by atoms with van der Waals surface area (Å²) in [5, 5.41) is 8.99. The van der Waals surface area contributed by atoms with E-state index in [2.05, 4.69) is 9.27 Å². The summed E-state index contributed by atoms with van der Waals surface area (Å²) in [7, 11) is 0. The molecule has 0 amide bonds. The zero-order valence-corrected chi connectivity index (χ0v) is 10.0. The SMILES string of the molecule is O=C(O)c1sncc1CN1CCCCCC1. The molecule has 0 aromatic carbocycles. The van der Waals surface area contributed by atoms with E-state index in [0.717, 1.165) is 36.7 Å². The van der Waals surface area contributed by atoms with E-state index in [0.29, 0.717) is 4.88 Å². The van der Waals surface area contributed by atoms with Crippen molar-refractivity contribution >= 4 is 17.5 Å². The Balaban J connectivity index is 2.01. The molecule has 2 rings (SSSR count). The molecule has 5 heteroatoms. The average Bonchev–Trinajstić information content (AvgIpc) is 2.55. The van der Waals surface area contributed by atoms with E-state index in [1.807, 2.05) is 0 Å². The molecule has 1 aromatic heterocycles. The van der Waals surface area contributed by atoms with Crippen LogP contribution >= 0.6 is 11.5 Å². The molecule has 1 fully saturated rings. The molecule has 0 unspecified atom stereocenters. The molecule has 1 saturated heterocycles. The normalized spacial score (nSPS) is 18.2. The Hall–Kier alpha value is -0.940. The Bertz CT molecular complexity index is 357. The van der Waals surface area contributed by atoms with Gasteiger partial charge in [-0.15, -0.1) is 0 Å². The van der Waals surface area contributed by atoms with Crippen LogP contribution in [0.3, 0.4) is 0 Å². The summed E-state index contributed by atoms with van der Waals surface area (Å²) < 4.78 is 3.97. The number of likely N-dealkylation sites (tertiary alicyclic amines) is 1. The van der Waals surface area contributed by atoms with Gasteiger partial charge in [0, 0.05) is 18.3 Å². The molecule has 0 bridgehead atoms. The molecular formula is C11H16N2O2S. The Morgan fingerprint density at radius 2 is 2.06 bits per heavy atom. The molecule has 1 aliphatic heterocycles. The van der Waals surface area contributed by atoms with Gasteiger partial charge in [-0.3, -0.25) is 4.90 Å². The standard InChI is InChI=1S/C11H16N2O2S/c14-11(15)10-9(7-12-16-10)8-13-5-3-1-2-4-6-13/h7H,1-6,8H2,(H,14,15). The smallest absolute Gasteiger partial charge is 0.347 e. The number of hydrogen-bond donors (Lipinski definition) is 1. The molecule has 16 heavy (non-hydrogen) atoms. The van der Waals surface area contributed by atoms with Gasteiger partial charge in [0.15, 0.2) is 0 Å². The molecule has 2 heterocycles. The van der Waals surface area contributed by atoms with Gasteiger partial charge in [0.1, 0.15) is 4.88 Å². The van der Waals surface area contributed by atoms with Crippen molar-refractivity contribution in [2.45, 2.75) is 32.2 Å². The van der Waals surface area contributed by atoms with Crippen LogP contribution in [0.15, 0.2) is 6.20 Å². The van der Waals surface area contributed by atoms with Crippen LogP contribution in [0, 0.1) is 0 Å². The minimum Gasteiger partial charge on any atom is -0.477 e. The van der Waals surface area contributed by atoms with Crippen LogP contribution in [0.4, 0.5) is 0 Å². The van der Waals surface area contributed by atoms with E-state index >= 15 is 0 Å². The van der Waals surface area contributed by atoms with Crippen molar-refractivity contribution in [2.24, 2.45) is 0 Å². The molecule has 0 saturated carbocycles. The van der Waals surface area contributed by atoms with Crippen molar-refractivity contribution in [3.05, 3.63) is 16.6 Å². The Morgan fingerprint density at radius 1 is 1.38 bits per heavy atom. The highest BCUT2D eigenvalue weighted by atomic mass is 32.1. The first-order chi connectivity index (χ1) is 7.77. The summed E-state index contributed by atoms with van der Waals surface area (Å²) in [6, 6.07) is 0. The van der Waals surface area contributed by atoms with Crippen molar-refractivity contribution < 1.29 is 9.90 Å². The molecule has 0 atom stereocenters. The fourth-order valence-electron chi connectivity index (χ4n) is 2.08. The van der Waals surface area contributed by atoms with Crippen LogP contribution in [0.2, 0.25) is 0 Å². The monoisotopic (exact) mass is 240 g/mol. The number of aromatic nitrogens is 1. The van der Waals surface area contributed by atoms with Gasteiger partial charge in [0.25, 0.3) is 0 Å². The van der Waals surface area contributed by atoms with Gasteiger partial charge < -0.3 is 5.11 Å². The maximum Gasteiger partial charge on any atom is 0.347 e. The zero-order valence-electron chi connectivity index (χ0n) is 9.19. The summed E-state index contributed by atoms with van der Waals surface area (Å²) in [6.07, 6.45) is 6.73. The summed E-state index contributed by atoms with van der Waals surface area (Å²) >= 11 is 1.08. The van der Waals surface area contributed by atoms with Crippen LogP contribution in [0.25, 0.3) is 0 Å². The van der Waals surface area contributed by atoms with Gasteiger partial charge in [-0.05, 0) is 37.5 Å². The molecule has 4 nitrogen and oxygen atoms in total. The number of carboxylic acid groups (broad SMARTS) is 1. The molecule has 1 aromatic rings. The van der Waals surface area contributed by atoms with Crippen LogP contribution < -0.4 is 0 Å². The third-order valence-electron chi connectivity index (χ3n) is 2.93. The number of nitrogens with zero attached hydrogens (tertiary/aromatic N) is 2. The first kappa shape index (κ1) is 11.5. The van der Waals surface area contributed by atoms with Crippen LogP contribution in [-0.2, 0) is 6.54 Å². The summed E-state index contributed by atoms with van der Waals surface area (Å²) in [4.78, 5) is 13.7. The van der Waals surface area contributed by atoms with Gasteiger partial charge in [0.2, 0.25) is 0 Å². The van der Waals surface area contributed by atoms with Crippen LogP contribution in [-0.4, -0.2) is 33.4 Å². The second-order valence-electron chi connectivity index (χ2n) is 4.18. The summed E-state index contributed by atoms with van der Waals surface area (Å²) in [5.74, 6) is -0.854. The van der Waals surface area contributed by atoms with Gasteiger partial charge in [-0.1, -0.05) is 12.8 Å². The maximum atomic E-state index is 10.9. The molecule has 1 N–H and O–H groups in total. The molecular weight excluding hydrogens is 224 g/mol. The van der Waals surface area contributed by atoms with Gasteiger partial charge in [-0.2, -0.15) is 4.37 Å². The predicted octanol–water partition coefficient (Wildman–Crippen LogP) is 2.22. The lowest BCUT2D eigenvalue weighted by atomic mass is 10.2. The fraction of sp³-hybridized carbons (Fsp3) is 0.636. The number of carbonyl (C=O) groups is 1. The Labute approximate surface area is 99.1 Å². The third-order valence-corrected chi connectivity index (χ3v) is 3.76. The van der Waals surface area contributed by atoms with E-state index in [9.17, 15) is 4.79 Å². The first-order valence-corrected chi connectivity index (χ1v) is 6.44. The highest BCUT2D eigenvalue weighted by Gasteiger charge is 2.16. The van der Waals surface area contributed by atoms with E-state index < -0.39 is 5.97 Å². The Kier molecular flexibility index (Phi) is 3.90. The first-order valence-electron chi connectivity index (χ1n) is 5.66. The van der Waals surface area contributed by atoms with Crippen LogP contribution in [0.1, 0.15) is 40.9 Å². The van der Waals surface area contributed by atoms with E-state index in [1.54, 1.807) is 6.20 Å². The molecule has 88 valence electrons. The maximum absolute atomic E-state index is 10.9. The summed E-state index contributed by atoms with van der Waals surface area (Å²) in [5.41, 5.74) is 0.861. The topological polar surface area (TPSA) is 53.4 Å². The average molecular weight is 240 g/mol.